The summed E-state index contributed by atoms with van der Waals surface area (Å²) in [7, 11) is -2.03. The number of nitriles is 2. The lowest BCUT2D eigenvalue weighted by Crippen LogP contribution is -1.97. The summed E-state index contributed by atoms with van der Waals surface area (Å²) in [5.74, 6) is 0.857. The molecular formula is C53H48BF3N8O4S. The zero-order valence-electron chi connectivity index (χ0n) is 39.5. The first-order valence-corrected chi connectivity index (χ1v) is 23.1. The van der Waals surface area contributed by atoms with Gasteiger partial charge in [0, 0.05) is 69.3 Å². The number of ether oxygens (including phenoxy) is 1. The summed E-state index contributed by atoms with van der Waals surface area (Å²) in [5.41, 5.74) is 12.6. The Bertz CT molecular complexity index is 3180. The number of halogens is 3. The quantitative estimate of drug-likeness (QED) is 0.0965. The summed E-state index contributed by atoms with van der Waals surface area (Å²) >= 11 is 1.75. The van der Waals surface area contributed by atoms with Gasteiger partial charge in [0.15, 0.2) is 11.6 Å². The molecule has 12 nitrogen and oxygen atoms in total. The van der Waals surface area contributed by atoms with Crippen molar-refractivity contribution in [1.29, 1.82) is 10.5 Å². The van der Waals surface area contributed by atoms with Crippen molar-refractivity contribution in [2.45, 2.75) is 40.8 Å². The molecule has 4 aromatic carbocycles. The maximum atomic E-state index is 12.1. The number of hydrogen-bond donors (Lipinski definition) is 1. The summed E-state index contributed by atoms with van der Waals surface area (Å²) in [6.45, 7) is 7.24. The number of carbonyl (C=O) groups excluding carboxylic acids is 2. The van der Waals surface area contributed by atoms with Crippen LogP contribution in [0.4, 0.5) is 12.9 Å². The second-order valence-corrected chi connectivity index (χ2v) is 16.3. The van der Waals surface area contributed by atoms with Crippen LogP contribution in [0.2, 0.25) is 0 Å². The molecule has 0 aliphatic rings. The summed E-state index contributed by atoms with van der Waals surface area (Å²) < 4.78 is 37.6. The van der Waals surface area contributed by atoms with Gasteiger partial charge in [0.2, 0.25) is 0 Å². The molecule has 0 saturated heterocycles. The van der Waals surface area contributed by atoms with E-state index in [2.05, 4.69) is 32.3 Å². The molecule has 8 rings (SSSR count). The highest BCUT2D eigenvalue weighted by molar-refractivity contribution is 7.97. The molecular weight excluding hydrogens is 913 g/mol. The van der Waals surface area contributed by atoms with Crippen molar-refractivity contribution in [2.24, 2.45) is 0 Å². The van der Waals surface area contributed by atoms with E-state index in [0.29, 0.717) is 28.2 Å². The zero-order valence-corrected chi connectivity index (χ0v) is 40.3. The number of phenolic OH excluding ortho intramolecular Hbond substituents is 1. The number of hydrogen-bond acceptors (Lipinski definition) is 11. The molecule has 8 aromatic rings. The predicted molar refractivity (Wildman–Crippen MR) is 270 cm³/mol. The van der Waals surface area contributed by atoms with Crippen molar-refractivity contribution < 1.29 is 32.4 Å². The second kappa shape index (κ2) is 25.2. The Morgan fingerprint density at radius 3 is 1.46 bits per heavy atom. The van der Waals surface area contributed by atoms with E-state index in [0.717, 1.165) is 67.1 Å². The van der Waals surface area contributed by atoms with Gasteiger partial charge in [0.1, 0.15) is 36.0 Å². The number of phenols is 1. The summed E-state index contributed by atoms with van der Waals surface area (Å²) in [6, 6.07) is 37.9. The molecule has 70 heavy (non-hydrogen) atoms. The van der Waals surface area contributed by atoms with Crippen LogP contribution in [0.5, 0.6) is 11.5 Å². The molecule has 0 unspecified atom stereocenters. The first kappa shape index (κ1) is 52.7. The molecule has 0 saturated carbocycles. The molecule has 4 heterocycles. The third-order valence-electron chi connectivity index (χ3n) is 10.2. The van der Waals surface area contributed by atoms with Crippen LogP contribution in [0.3, 0.4) is 0 Å². The lowest BCUT2D eigenvalue weighted by Gasteiger charge is -2.09. The lowest BCUT2D eigenvalue weighted by molar-refractivity contribution is 0.101. The molecule has 354 valence electrons. The largest absolute Gasteiger partial charge is 0.762 e. The molecule has 0 spiro atoms. The monoisotopic (exact) mass is 960 g/mol. The van der Waals surface area contributed by atoms with Crippen LogP contribution in [0, 0.1) is 36.5 Å². The summed E-state index contributed by atoms with van der Waals surface area (Å²) in [6.07, 6.45) is 11.2. The lowest BCUT2D eigenvalue weighted by atomic mass is 9.97. The molecule has 0 bridgehead atoms. The minimum Gasteiger partial charge on any atom is -0.508 e. The number of Topliss-reactive ketones (excluding diaryl/α,β-unsaturated/α-hetero) is 2. The number of ketones is 2. The van der Waals surface area contributed by atoms with Crippen molar-refractivity contribution in [2.75, 3.05) is 19.6 Å². The van der Waals surface area contributed by atoms with Crippen molar-refractivity contribution >= 4 is 30.9 Å². The fraction of sp³-hybridized carbons (Fsp3) is 0.170. The highest BCUT2D eigenvalue weighted by Gasteiger charge is 2.19. The van der Waals surface area contributed by atoms with E-state index < -0.39 is 7.54 Å². The molecule has 0 fully saturated rings. The first-order valence-electron chi connectivity index (χ1n) is 21.4. The van der Waals surface area contributed by atoms with E-state index in [4.69, 9.17) is 10.00 Å². The van der Waals surface area contributed by atoms with Gasteiger partial charge >= 0.3 is 7.54 Å². The molecule has 0 atom stereocenters. The Kier molecular flexibility index (Phi) is 19.0. The molecule has 17 heteroatoms. The van der Waals surface area contributed by atoms with E-state index in [9.17, 15) is 32.9 Å². The number of aromatic nitrogens is 6. The minimum absolute atomic E-state index is 0.0119. The fourth-order valence-electron chi connectivity index (χ4n) is 7.42. The SMILES string of the molecule is CC(=O)c1ccccc1-c1cc(-c2cn(CC#N)nc2-c2cc(C)cc(O)c2)ccn1.COc1cc(C)cc(-c2nn(CC#N)cc2-c2ccnc(-c3ccccc3C(C)=O)c2)c1.CSC.FB(F)F. The molecule has 0 amide bonds. The van der Waals surface area contributed by atoms with Crippen LogP contribution >= 0.6 is 11.8 Å². The van der Waals surface area contributed by atoms with Crippen molar-refractivity contribution in [3.05, 3.63) is 156 Å². The van der Waals surface area contributed by atoms with Crippen LogP contribution < -0.4 is 4.74 Å². The number of aryl methyl sites for hydroxylation is 2. The molecule has 0 aliphatic carbocycles. The van der Waals surface area contributed by atoms with E-state index in [1.165, 1.54) is 6.92 Å². The van der Waals surface area contributed by atoms with Crippen LogP contribution in [0.1, 0.15) is 45.7 Å². The fourth-order valence-corrected chi connectivity index (χ4v) is 7.42. The van der Waals surface area contributed by atoms with Gasteiger partial charge in [-0.25, -0.2) is 0 Å². The topological polar surface area (TPSA) is 173 Å². The van der Waals surface area contributed by atoms with Crippen LogP contribution in [0.15, 0.2) is 134 Å². The number of rotatable bonds is 11. The number of benzene rings is 4. The van der Waals surface area contributed by atoms with Gasteiger partial charge < -0.3 is 9.84 Å². The number of pyridine rings is 2. The number of nitrogens with zero attached hydrogens (tertiary/aromatic N) is 8. The maximum absolute atomic E-state index is 12.1. The highest BCUT2D eigenvalue weighted by atomic mass is 32.2. The average molecular weight is 961 g/mol. The average Bonchev–Trinajstić information content (AvgIpc) is 3.97. The zero-order chi connectivity index (χ0) is 50.9. The normalized spacial score (nSPS) is 10.2. The summed E-state index contributed by atoms with van der Waals surface area (Å²) in [5, 5.41) is 37.7. The number of carbonyl (C=O) groups is 2. The molecule has 0 aliphatic heterocycles. The Morgan fingerprint density at radius 1 is 0.643 bits per heavy atom. The van der Waals surface area contributed by atoms with Gasteiger partial charge in [-0.2, -0.15) is 32.5 Å². The van der Waals surface area contributed by atoms with Gasteiger partial charge in [0.05, 0.1) is 30.6 Å². The van der Waals surface area contributed by atoms with Crippen molar-refractivity contribution in [3.63, 3.8) is 0 Å². The third kappa shape index (κ3) is 13.9. The third-order valence-corrected chi connectivity index (χ3v) is 10.2. The molecule has 0 radical (unpaired) electrons. The second-order valence-electron chi connectivity index (χ2n) is 15.5. The van der Waals surface area contributed by atoms with E-state index >= 15 is 0 Å². The number of methoxy groups -OCH3 is 1. The van der Waals surface area contributed by atoms with Crippen molar-refractivity contribution in [3.8, 4) is 90.9 Å². The Labute approximate surface area is 409 Å². The minimum atomic E-state index is -3.67. The molecule has 4 aromatic heterocycles. The first-order chi connectivity index (χ1) is 33.6. The smallest absolute Gasteiger partial charge is 0.508 e. The standard InChI is InChI=1S/C26H22N4O2.C25H20N4O2.C2H6S.BF3/c1-17-12-20(14-21(13-17)32-3)26-24(16-30(29-26)11-9-27)19-8-10-28-25(15-19)23-7-5-4-6-22(23)18(2)31;1-16-11-19(13-20(31)12-16)25-23(15-29(28-25)10-8-26)18-7-9-27-24(14-18)22-6-4-3-5-21(22)17(2)30;1-3-2;2-1(3)4/h4-8,10,12-16H,11H2,1-3H3;3-7,9,11-15,31H,10H2,1-2H3;1-2H3;. The number of aromatic hydroxyl groups is 1. The van der Waals surface area contributed by atoms with Crippen LogP contribution in [-0.4, -0.2) is 73.4 Å². The highest BCUT2D eigenvalue weighted by Crippen LogP contribution is 2.37. The van der Waals surface area contributed by atoms with E-state index in [1.807, 2.05) is 124 Å². The van der Waals surface area contributed by atoms with Gasteiger partial charge in [-0.3, -0.25) is 41.9 Å². The molecule has 1 N–H and O–H groups in total. The Balaban J connectivity index is 0.000000230. The van der Waals surface area contributed by atoms with E-state index in [1.54, 1.807) is 71.8 Å². The Hall–Kier alpha value is -8.28. The predicted octanol–water partition coefficient (Wildman–Crippen LogP) is 12.2. The van der Waals surface area contributed by atoms with Gasteiger partial charge in [-0.05, 0) is 123 Å². The maximum Gasteiger partial charge on any atom is 0.762 e. The van der Waals surface area contributed by atoms with Gasteiger partial charge in [-0.15, -0.1) is 0 Å². The van der Waals surface area contributed by atoms with Crippen LogP contribution in [0.25, 0.3) is 67.3 Å². The number of thioether (sulfide) groups is 1. The van der Waals surface area contributed by atoms with Gasteiger partial charge in [0.25, 0.3) is 0 Å². The van der Waals surface area contributed by atoms with Crippen LogP contribution in [-0.2, 0) is 13.1 Å². The summed E-state index contributed by atoms with van der Waals surface area (Å²) in [4.78, 5) is 33.2. The van der Waals surface area contributed by atoms with Gasteiger partial charge in [-0.1, -0.05) is 48.5 Å². The van der Waals surface area contributed by atoms with E-state index in [-0.39, 0.29) is 30.4 Å². The van der Waals surface area contributed by atoms with Crippen molar-refractivity contribution in [1.82, 2.24) is 29.5 Å². The Morgan fingerprint density at radius 2 is 1.06 bits per heavy atom.